The molecule has 0 spiro atoms. The zero-order valence-corrected chi connectivity index (χ0v) is 24.6. The number of fused-ring (bicyclic) bond motifs is 2. The van der Waals surface area contributed by atoms with Gasteiger partial charge in [0.25, 0.3) is 0 Å². The molecule has 2 unspecified atom stereocenters. The number of halogens is 2. The fourth-order valence-corrected chi connectivity index (χ4v) is 6.86. The fourth-order valence-electron chi connectivity index (χ4n) is 6.33. The van der Waals surface area contributed by atoms with Crippen molar-refractivity contribution in [3.63, 3.8) is 0 Å². The topological polar surface area (TPSA) is 94.9 Å². The molecule has 0 amide bonds. The van der Waals surface area contributed by atoms with Gasteiger partial charge in [0.15, 0.2) is 5.75 Å². The Morgan fingerprint density at radius 3 is 2.27 bits per heavy atom. The number of pyridine rings is 1. The van der Waals surface area contributed by atoms with E-state index in [0.717, 1.165) is 56.1 Å². The van der Waals surface area contributed by atoms with Crippen LogP contribution in [-0.2, 0) is 11.3 Å². The minimum Gasteiger partial charge on any atom is -0.481 e. The number of hydrogen-bond donors (Lipinski definition) is 1. The van der Waals surface area contributed by atoms with Gasteiger partial charge in [-0.3, -0.25) is 14.6 Å². The van der Waals surface area contributed by atoms with E-state index >= 15 is 0 Å². The van der Waals surface area contributed by atoms with Crippen molar-refractivity contribution in [2.75, 3.05) is 38.1 Å². The van der Waals surface area contributed by atoms with Crippen molar-refractivity contribution in [3.8, 4) is 22.9 Å². The second-order valence-electron chi connectivity index (χ2n) is 11.5. The van der Waals surface area contributed by atoms with E-state index < -0.39 is 5.97 Å². The van der Waals surface area contributed by atoms with Crippen molar-refractivity contribution < 1.29 is 14.6 Å². The van der Waals surface area contributed by atoms with E-state index in [-0.39, 0.29) is 12.3 Å². The average Bonchev–Trinajstić information content (AvgIpc) is 3.13. The standard InChI is InChI=1S/C30H34Cl2N6O3/c1-36-24-2-3-25(36)18-38(17-24)30-33-14-26(15-34-30)41-28-9-20(16-37-6-4-19(5-7-37)10-29(39)40)8-27(35-28)21-11-22(31)13-23(32)12-21/h8-9,11-15,19,24-25H,2-7,10,16-18H2,1H3,(H,39,40). The number of carboxylic acids is 1. The minimum absolute atomic E-state index is 0.230. The Kier molecular flexibility index (Phi) is 8.30. The van der Waals surface area contributed by atoms with Gasteiger partial charge in [-0.05, 0) is 81.6 Å². The molecule has 5 heterocycles. The third kappa shape index (κ3) is 6.75. The molecule has 2 atom stereocenters. The lowest BCUT2D eigenvalue weighted by atomic mass is 9.93. The van der Waals surface area contributed by atoms with Gasteiger partial charge in [0.05, 0.1) is 18.1 Å². The molecule has 216 valence electrons. The number of benzene rings is 1. The number of likely N-dealkylation sites (N-methyl/N-ethyl adjacent to an activating group) is 1. The summed E-state index contributed by atoms with van der Waals surface area (Å²) in [6.45, 7) is 4.27. The Labute approximate surface area is 250 Å². The van der Waals surface area contributed by atoms with Crippen LogP contribution in [0.4, 0.5) is 5.95 Å². The molecule has 3 fully saturated rings. The summed E-state index contributed by atoms with van der Waals surface area (Å²) in [5, 5.41) is 10.2. The van der Waals surface area contributed by atoms with Crippen LogP contribution in [-0.4, -0.2) is 81.1 Å². The lowest BCUT2D eigenvalue weighted by molar-refractivity contribution is -0.138. The lowest BCUT2D eigenvalue weighted by Gasteiger charge is -2.38. The highest BCUT2D eigenvalue weighted by Gasteiger charge is 2.38. The molecule has 6 rings (SSSR count). The van der Waals surface area contributed by atoms with E-state index in [2.05, 4.69) is 31.7 Å². The van der Waals surface area contributed by atoms with Crippen LogP contribution >= 0.6 is 23.2 Å². The van der Waals surface area contributed by atoms with Gasteiger partial charge in [-0.2, -0.15) is 0 Å². The van der Waals surface area contributed by atoms with Crippen LogP contribution in [0, 0.1) is 5.92 Å². The van der Waals surface area contributed by atoms with Gasteiger partial charge in [-0.1, -0.05) is 23.2 Å². The molecular weight excluding hydrogens is 563 g/mol. The molecule has 0 aliphatic carbocycles. The molecule has 11 heteroatoms. The Morgan fingerprint density at radius 1 is 0.976 bits per heavy atom. The largest absolute Gasteiger partial charge is 0.481 e. The molecule has 2 aromatic heterocycles. The molecule has 3 aliphatic rings. The van der Waals surface area contributed by atoms with Crippen LogP contribution in [0.25, 0.3) is 11.3 Å². The first-order valence-electron chi connectivity index (χ1n) is 14.2. The Hall–Kier alpha value is -2.98. The summed E-state index contributed by atoms with van der Waals surface area (Å²) in [5.74, 6) is 1.18. The molecule has 1 aromatic carbocycles. The van der Waals surface area contributed by atoms with Crippen molar-refractivity contribution >= 4 is 35.1 Å². The summed E-state index contributed by atoms with van der Waals surface area (Å²) >= 11 is 12.6. The van der Waals surface area contributed by atoms with Crippen molar-refractivity contribution in [1.29, 1.82) is 0 Å². The lowest BCUT2D eigenvalue weighted by Crippen LogP contribution is -2.52. The number of piperidine rings is 1. The van der Waals surface area contributed by atoms with E-state index in [9.17, 15) is 4.79 Å². The zero-order valence-electron chi connectivity index (χ0n) is 23.0. The third-order valence-electron chi connectivity index (χ3n) is 8.56. The summed E-state index contributed by atoms with van der Waals surface area (Å²) in [6.07, 6.45) is 7.84. The second kappa shape index (κ2) is 12.1. The summed E-state index contributed by atoms with van der Waals surface area (Å²) in [6, 6.07) is 10.4. The van der Waals surface area contributed by atoms with Crippen LogP contribution in [0.15, 0.2) is 42.7 Å². The summed E-state index contributed by atoms with van der Waals surface area (Å²) in [7, 11) is 2.21. The van der Waals surface area contributed by atoms with Crippen LogP contribution in [0.2, 0.25) is 10.0 Å². The predicted molar refractivity (Wildman–Crippen MR) is 159 cm³/mol. The third-order valence-corrected chi connectivity index (χ3v) is 9.00. The highest BCUT2D eigenvalue weighted by molar-refractivity contribution is 6.35. The zero-order chi connectivity index (χ0) is 28.5. The van der Waals surface area contributed by atoms with Crippen molar-refractivity contribution in [2.24, 2.45) is 5.92 Å². The van der Waals surface area contributed by atoms with Crippen molar-refractivity contribution in [1.82, 2.24) is 24.8 Å². The molecular formula is C30H34Cl2N6O3. The van der Waals surface area contributed by atoms with Gasteiger partial charge >= 0.3 is 5.97 Å². The van der Waals surface area contributed by atoms with E-state index in [1.165, 1.54) is 12.8 Å². The van der Waals surface area contributed by atoms with Gasteiger partial charge in [-0.25, -0.2) is 15.0 Å². The quantitative estimate of drug-likeness (QED) is 0.356. The highest BCUT2D eigenvalue weighted by atomic mass is 35.5. The summed E-state index contributed by atoms with van der Waals surface area (Å²) in [4.78, 5) is 32.2. The van der Waals surface area contributed by atoms with E-state index in [1.54, 1.807) is 18.5 Å². The number of nitrogens with zero attached hydrogens (tertiary/aromatic N) is 6. The maximum atomic E-state index is 11.1. The monoisotopic (exact) mass is 596 g/mol. The van der Waals surface area contributed by atoms with Gasteiger partial charge < -0.3 is 14.7 Å². The Bertz CT molecular complexity index is 1370. The van der Waals surface area contributed by atoms with E-state index in [4.69, 9.17) is 38.0 Å². The SMILES string of the molecule is CN1C2CCC1CN(c1ncc(Oc3cc(CN4CCC(CC(=O)O)CC4)cc(-c4cc(Cl)cc(Cl)c4)n3)cn1)C2. The van der Waals surface area contributed by atoms with Crippen LogP contribution in [0.5, 0.6) is 11.6 Å². The molecule has 0 saturated carbocycles. The highest BCUT2D eigenvalue weighted by Crippen LogP contribution is 2.32. The molecule has 9 nitrogen and oxygen atoms in total. The first-order valence-corrected chi connectivity index (χ1v) is 14.9. The molecule has 3 aliphatic heterocycles. The van der Waals surface area contributed by atoms with Gasteiger partial charge in [0, 0.05) is 59.8 Å². The number of rotatable bonds is 8. The number of carboxylic acid groups (broad SMARTS) is 1. The van der Waals surface area contributed by atoms with Gasteiger partial charge in [0.1, 0.15) is 0 Å². The normalized spacial score (nSPS) is 21.8. The van der Waals surface area contributed by atoms with E-state index in [0.29, 0.717) is 46.0 Å². The number of aromatic nitrogens is 3. The van der Waals surface area contributed by atoms with E-state index in [1.807, 2.05) is 24.3 Å². The van der Waals surface area contributed by atoms with Gasteiger partial charge in [0.2, 0.25) is 11.8 Å². The van der Waals surface area contributed by atoms with Crippen LogP contribution in [0.3, 0.4) is 0 Å². The first kappa shape index (κ1) is 28.2. The van der Waals surface area contributed by atoms with Crippen LogP contribution in [0.1, 0.15) is 37.7 Å². The molecule has 41 heavy (non-hydrogen) atoms. The summed E-state index contributed by atoms with van der Waals surface area (Å²) in [5.41, 5.74) is 2.53. The molecule has 3 aromatic rings. The number of aliphatic carboxylic acids is 1. The molecule has 2 bridgehead atoms. The number of piperazine rings is 1. The second-order valence-corrected chi connectivity index (χ2v) is 12.3. The Balaban J connectivity index is 1.20. The van der Waals surface area contributed by atoms with Crippen molar-refractivity contribution in [3.05, 3.63) is 58.3 Å². The predicted octanol–water partition coefficient (Wildman–Crippen LogP) is 5.61. The smallest absolute Gasteiger partial charge is 0.303 e. The summed E-state index contributed by atoms with van der Waals surface area (Å²) < 4.78 is 6.19. The Morgan fingerprint density at radius 2 is 1.63 bits per heavy atom. The maximum Gasteiger partial charge on any atom is 0.303 e. The average molecular weight is 598 g/mol. The number of carbonyl (C=O) groups is 1. The number of likely N-dealkylation sites (tertiary alicyclic amines) is 1. The molecule has 1 N–H and O–H groups in total. The molecule has 0 radical (unpaired) electrons. The minimum atomic E-state index is -0.725. The number of hydrogen-bond acceptors (Lipinski definition) is 8. The molecule has 3 saturated heterocycles. The van der Waals surface area contributed by atoms with Crippen molar-refractivity contribution in [2.45, 2.75) is 50.7 Å². The first-order chi connectivity index (χ1) is 19.8. The number of anilines is 1. The maximum absolute atomic E-state index is 11.1. The number of ether oxygens (including phenoxy) is 1. The fraction of sp³-hybridized carbons (Fsp3) is 0.467. The van der Waals surface area contributed by atoms with Gasteiger partial charge in [-0.15, -0.1) is 0 Å². The van der Waals surface area contributed by atoms with Crippen LogP contribution < -0.4 is 9.64 Å².